The Balaban J connectivity index is 0. The van der Waals surface area contributed by atoms with Gasteiger partial charge in [-0.25, -0.2) is 15.1 Å². The summed E-state index contributed by atoms with van der Waals surface area (Å²) < 4.78 is 1.17. The first kappa shape index (κ1) is 25.0. The van der Waals surface area contributed by atoms with Crippen molar-refractivity contribution in [3.63, 3.8) is 0 Å². The van der Waals surface area contributed by atoms with Gasteiger partial charge in [-0.3, -0.25) is 4.90 Å². The molecule has 0 saturated carbocycles. The van der Waals surface area contributed by atoms with Crippen molar-refractivity contribution in [2.45, 2.75) is 19.3 Å². The van der Waals surface area contributed by atoms with Gasteiger partial charge in [0.25, 0.3) is 0 Å². The van der Waals surface area contributed by atoms with E-state index in [1.807, 2.05) is 0 Å². The molecular formula is C14H26MnN6S2-2. The van der Waals surface area contributed by atoms with Crippen LogP contribution in [0.5, 0.6) is 0 Å². The van der Waals surface area contributed by atoms with E-state index < -0.39 is 0 Å². The van der Waals surface area contributed by atoms with Crippen LogP contribution in [0.2, 0.25) is 0 Å². The SMILES string of the molecule is CN1CCC[N-]CCC[N+]2(CCCN2C)C1.N#C[S-].N#C[S-].[Mn]. The van der Waals surface area contributed by atoms with Crippen molar-refractivity contribution in [1.29, 1.82) is 10.5 Å². The average Bonchev–Trinajstić information content (AvgIpc) is 2.81. The van der Waals surface area contributed by atoms with E-state index in [1.54, 1.807) is 0 Å². The van der Waals surface area contributed by atoms with Gasteiger partial charge in [0.1, 0.15) is 0 Å². The van der Waals surface area contributed by atoms with Crippen LogP contribution in [-0.4, -0.2) is 74.5 Å². The Morgan fingerprint density at radius 2 is 1.48 bits per heavy atom. The van der Waals surface area contributed by atoms with Gasteiger partial charge in [0, 0.05) is 37.1 Å². The molecule has 0 N–H and O–H groups in total. The second-order valence-corrected chi connectivity index (χ2v) is 5.92. The topological polar surface area (TPSA) is 68.2 Å². The van der Waals surface area contributed by atoms with Gasteiger partial charge >= 0.3 is 0 Å². The van der Waals surface area contributed by atoms with E-state index in [0.29, 0.717) is 0 Å². The number of quaternary nitrogens is 1. The number of nitriles is 2. The van der Waals surface area contributed by atoms with Crippen molar-refractivity contribution in [2.24, 2.45) is 0 Å². The zero-order valence-corrected chi connectivity index (χ0v) is 16.8. The minimum absolute atomic E-state index is 0. The van der Waals surface area contributed by atoms with Crippen LogP contribution in [0.15, 0.2) is 0 Å². The molecule has 2 fully saturated rings. The van der Waals surface area contributed by atoms with Crippen LogP contribution < -0.4 is 0 Å². The van der Waals surface area contributed by atoms with Crippen LogP contribution in [0.1, 0.15) is 19.3 Å². The van der Waals surface area contributed by atoms with E-state index in [9.17, 15) is 0 Å². The van der Waals surface area contributed by atoms with E-state index in [-0.39, 0.29) is 17.1 Å². The van der Waals surface area contributed by atoms with Gasteiger partial charge < -0.3 is 30.6 Å². The third kappa shape index (κ3) is 10.3. The number of rotatable bonds is 0. The molecule has 0 aromatic heterocycles. The third-order valence-corrected chi connectivity index (χ3v) is 4.03. The van der Waals surface area contributed by atoms with Crippen molar-refractivity contribution < 1.29 is 21.7 Å². The summed E-state index contributed by atoms with van der Waals surface area (Å²) in [5, 5.41) is 24.1. The van der Waals surface area contributed by atoms with Crippen molar-refractivity contribution in [3.05, 3.63) is 5.32 Å². The van der Waals surface area contributed by atoms with E-state index in [4.69, 9.17) is 10.5 Å². The Kier molecular flexibility index (Phi) is 16.7. The molecule has 0 aliphatic carbocycles. The number of hydrogen-bond acceptors (Lipinski definition) is 6. The second kappa shape index (κ2) is 15.3. The monoisotopic (exact) mass is 397 g/mol. The fourth-order valence-corrected chi connectivity index (χ4v) is 3.07. The van der Waals surface area contributed by atoms with E-state index >= 15 is 0 Å². The first-order valence-corrected chi connectivity index (χ1v) is 8.30. The zero-order chi connectivity index (χ0) is 16.8. The molecule has 2 heterocycles. The molecule has 2 rings (SSSR count). The number of nitrogens with zero attached hydrogens (tertiary/aromatic N) is 6. The molecule has 23 heavy (non-hydrogen) atoms. The van der Waals surface area contributed by atoms with Crippen molar-refractivity contribution in [1.82, 2.24) is 9.91 Å². The first-order valence-electron chi connectivity index (χ1n) is 7.48. The van der Waals surface area contributed by atoms with Gasteiger partial charge in [0.05, 0.1) is 19.6 Å². The second-order valence-electron chi connectivity index (χ2n) is 5.56. The molecule has 0 amide bonds. The minimum atomic E-state index is 0. The predicted molar refractivity (Wildman–Crippen MR) is 93.0 cm³/mol. The normalized spacial score (nSPS) is 25.4. The first-order chi connectivity index (χ1) is 10.6. The summed E-state index contributed by atoms with van der Waals surface area (Å²) >= 11 is 7.40. The molecule has 1 unspecified atom stereocenters. The van der Waals surface area contributed by atoms with Gasteiger partial charge in [-0.2, -0.15) is 5.01 Å². The molecule has 1 spiro atoms. The number of hydrogen-bond donors (Lipinski definition) is 0. The molecule has 0 aromatic rings. The summed E-state index contributed by atoms with van der Waals surface area (Å²) in [7, 11) is 4.54. The quantitative estimate of drug-likeness (QED) is 0.264. The smallest absolute Gasteiger partial charge is 0.152 e. The minimum Gasteiger partial charge on any atom is -0.696 e. The van der Waals surface area contributed by atoms with Gasteiger partial charge in [0.15, 0.2) is 6.67 Å². The third-order valence-electron chi connectivity index (χ3n) is 4.03. The van der Waals surface area contributed by atoms with Crippen molar-refractivity contribution in [2.75, 3.05) is 60.0 Å². The Hall–Kier alpha value is -0.221. The maximum absolute atomic E-state index is 7.13. The molecule has 1 radical (unpaired) electrons. The van der Waals surface area contributed by atoms with E-state index in [1.165, 1.54) is 67.5 Å². The zero-order valence-electron chi connectivity index (χ0n) is 13.9. The maximum atomic E-state index is 7.13. The Bertz CT molecular complexity index is 361. The fraction of sp³-hybridized carbons (Fsp3) is 0.857. The summed E-state index contributed by atoms with van der Waals surface area (Å²) in [6, 6.07) is 0. The summed E-state index contributed by atoms with van der Waals surface area (Å²) in [5.74, 6) is 0. The molecule has 2 saturated heterocycles. The molecule has 0 aromatic carbocycles. The van der Waals surface area contributed by atoms with Crippen LogP contribution >= 0.6 is 0 Å². The molecule has 9 heteroatoms. The Morgan fingerprint density at radius 1 is 0.957 bits per heavy atom. The molecule has 133 valence electrons. The van der Waals surface area contributed by atoms with Crippen molar-refractivity contribution in [3.8, 4) is 10.8 Å². The Morgan fingerprint density at radius 3 is 2.00 bits per heavy atom. The summed E-state index contributed by atoms with van der Waals surface area (Å²) in [6.45, 7) is 8.35. The summed E-state index contributed by atoms with van der Waals surface area (Å²) in [4.78, 5) is 2.49. The molecule has 1 atom stereocenters. The van der Waals surface area contributed by atoms with E-state index in [2.05, 4.69) is 54.6 Å². The van der Waals surface area contributed by atoms with Gasteiger partial charge in [-0.15, -0.1) is 13.1 Å². The number of thiocyanates is 2. The van der Waals surface area contributed by atoms with Gasteiger partial charge in [-0.1, -0.05) is 17.2 Å². The molecule has 2 aliphatic heterocycles. The molecule has 2 aliphatic rings. The van der Waals surface area contributed by atoms with Gasteiger partial charge in [0.2, 0.25) is 0 Å². The molecule has 6 nitrogen and oxygen atoms in total. The maximum Gasteiger partial charge on any atom is 0.152 e. The largest absolute Gasteiger partial charge is 0.696 e. The van der Waals surface area contributed by atoms with Crippen LogP contribution in [0, 0.1) is 21.3 Å². The van der Waals surface area contributed by atoms with Gasteiger partial charge in [-0.05, 0) is 13.5 Å². The van der Waals surface area contributed by atoms with E-state index in [0.717, 1.165) is 13.1 Å². The summed E-state index contributed by atoms with van der Waals surface area (Å²) in [6.07, 6.45) is 3.82. The van der Waals surface area contributed by atoms with Crippen LogP contribution in [0.4, 0.5) is 0 Å². The standard InChI is InChI=1S/C12H26N4.2CHNS.Mn/c1-14-8-3-6-13-7-4-10-16(12-14)11-5-9-15(16)2;2*2-1-3;/h3-12H2,1-2H3;2*3H;/p-2. The Labute approximate surface area is 162 Å². The summed E-state index contributed by atoms with van der Waals surface area (Å²) in [5.41, 5.74) is 0. The van der Waals surface area contributed by atoms with Crippen LogP contribution in [-0.2, 0) is 42.3 Å². The fourth-order valence-electron chi connectivity index (χ4n) is 3.07. The predicted octanol–water partition coefficient (Wildman–Crippen LogP) is 1.14. The molecule has 0 bridgehead atoms. The van der Waals surface area contributed by atoms with Crippen LogP contribution in [0.3, 0.4) is 0 Å². The molecular weight excluding hydrogens is 371 g/mol. The average molecular weight is 397 g/mol. The van der Waals surface area contributed by atoms with Crippen molar-refractivity contribution >= 4 is 25.3 Å². The van der Waals surface area contributed by atoms with Crippen LogP contribution in [0.25, 0.3) is 5.32 Å².